The first-order valence-corrected chi connectivity index (χ1v) is 18.9. The molecule has 2 aliphatic heterocycles. The van der Waals surface area contributed by atoms with Gasteiger partial charge >= 0.3 is 0 Å². The molecule has 242 valence electrons. The lowest BCUT2D eigenvalue weighted by Gasteiger charge is -2.32. The van der Waals surface area contributed by atoms with E-state index in [0.717, 1.165) is 37.2 Å². The second-order valence-corrected chi connectivity index (χ2v) is 15.0. The van der Waals surface area contributed by atoms with Gasteiger partial charge < -0.3 is 14.4 Å². The maximum atomic E-state index is 6.26. The molecule has 7 aromatic rings. The number of nitrogens with zero attached hydrogens (tertiary/aromatic N) is 2. The van der Waals surface area contributed by atoms with Gasteiger partial charge in [-0.25, -0.2) is 0 Å². The minimum Gasteiger partial charge on any atom is -0.494 e. The highest BCUT2D eigenvalue weighted by Crippen LogP contribution is 2.52. The normalized spacial score (nSPS) is 16.7. The number of aromatic nitrogens is 1. The van der Waals surface area contributed by atoms with Gasteiger partial charge in [-0.3, -0.25) is 0 Å². The molecule has 0 aliphatic carbocycles. The Morgan fingerprint density at radius 1 is 0.612 bits per heavy atom. The van der Waals surface area contributed by atoms with Crippen LogP contribution in [0.15, 0.2) is 143 Å². The molecule has 0 amide bonds. The molecular weight excluding hydrogens is 641 g/mol. The first kappa shape index (κ1) is 30.3. The van der Waals surface area contributed by atoms with E-state index in [1.54, 1.807) is 0 Å². The Kier molecular flexibility index (Phi) is 8.20. The van der Waals surface area contributed by atoms with Crippen molar-refractivity contribution in [3.05, 3.63) is 143 Å². The Morgan fingerprint density at radius 2 is 1.18 bits per heavy atom. The molecule has 49 heavy (non-hydrogen) atoms. The van der Waals surface area contributed by atoms with Gasteiger partial charge in [-0.15, -0.1) is 0 Å². The molecule has 6 heteroatoms. The zero-order valence-corrected chi connectivity index (χ0v) is 28.8. The van der Waals surface area contributed by atoms with Crippen LogP contribution in [0.1, 0.15) is 36.7 Å². The van der Waals surface area contributed by atoms with Crippen molar-refractivity contribution in [2.45, 2.75) is 42.7 Å². The smallest absolute Gasteiger partial charge is 0.265 e. The standard InChI is InChI=1S/C43H37N2O2S2/c1-3-17-34(18-4-1)46-23-11-21-36-37(22-12-24-47-35-19-5-2-6-20-35)45-39-26-31-14-8-10-16-33(31)28-41(39)49-43(45)29-42-44(36)38-25-30-13-7-9-15-32(30)27-40(38)48-42/h1-10,13-20,25-29,36-37H,11-12,21-24H2/q+1. The Bertz CT molecular complexity index is 2300. The second-order valence-electron chi connectivity index (χ2n) is 12.8. The van der Waals surface area contributed by atoms with Crippen molar-refractivity contribution >= 4 is 66.6 Å². The van der Waals surface area contributed by atoms with Crippen LogP contribution in [0.4, 0.5) is 5.69 Å². The predicted octanol–water partition coefficient (Wildman–Crippen LogP) is 11.0. The summed E-state index contributed by atoms with van der Waals surface area (Å²) in [6, 6.07) is 48.0. The van der Waals surface area contributed by atoms with Gasteiger partial charge in [0.25, 0.3) is 5.01 Å². The number of para-hydroxylation sites is 2. The van der Waals surface area contributed by atoms with E-state index < -0.39 is 0 Å². The molecule has 0 N–H and O–H groups in total. The molecule has 0 fully saturated rings. The summed E-state index contributed by atoms with van der Waals surface area (Å²) in [5, 5.41) is 7.77. The molecule has 6 aromatic carbocycles. The highest BCUT2D eigenvalue weighted by Gasteiger charge is 2.45. The van der Waals surface area contributed by atoms with E-state index in [9.17, 15) is 0 Å². The van der Waals surface area contributed by atoms with E-state index in [1.807, 2.05) is 83.8 Å². The number of thioether (sulfide) groups is 1. The Morgan fingerprint density at radius 3 is 1.86 bits per heavy atom. The summed E-state index contributed by atoms with van der Waals surface area (Å²) in [7, 11) is 0. The third-order valence-corrected chi connectivity index (χ3v) is 11.9. The number of thiazole rings is 1. The van der Waals surface area contributed by atoms with Crippen LogP contribution in [0.3, 0.4) is 0 Å². The summed E-state index contributed by atoms with van der Waals surface area (Å²) in [4.78, 5) is 4.01. The summed E-state index contributed by atoms with van der Waals surface area (Å²) >= 11 is 3.83. The van der Waals surface area contributed by atoms with Crippen LogP contribution in [-0.2, 0) is 0 Å². The lowest BCUT2D eigenvalue weighted by molar-refractivity contribution is -0.698. The molecule has 0 saturated heterocycles. The summed E-state index contributed by atoms with van der Waals surface area (Å²) in [5.74, 6) is 1.86. The average molecular weight is 678 g/mol. The number of fused-ring (bicyclic) bond motifs is 8. The maximum Gasteiger partial charge on any atom is 0.265 e. The molecule has 9 rings (SSSR count). The minimum atomic E-state index is 0.229. The van der Waals surface area contributed by atoms with Crippen molar-refractivity contribution in [3.8, 4) is 11.5 Å². The quantitative estimate of drug-likeness (QED) is 0.106. The van der Waals surface area contributed by atoms with Crippen molar-refractivity contribution in [2.24, 2.45) is 0 Å². The van der Waals surface area contributed by atoms with E-state index >= 15 is 0 Å². The number of anilines is 1. The first-order valence-electron chi connectivity index (χ1n) is 17.2. The van der Waals surface area contributed by atoms with Crippen LogP contribution in [-0.4, -0.2) is 19.3 Å². The molecule has 4 nitrogen and oxygen atoms in total. The van der Waals surface area contributed by atoms with Crippen LogP contribution in [0.2, 0.25) is 0 Å². The third kappa shape index (κ3) is 5.94. The van der Waals surface area contributed by atoms with Gasteiger partial charge in [0, 0.05) is 17.4 Å². The van der Waals surface area contributed by atoms with Crippen LogP contribution in [0, 0.1) is 0 Å². The Labute approximate surface area is 295 Å². The van der Waals surface area contributed by atoms with Gasteiger partial charge in [0.05, 0.1) is 36.0 Å². The van der Waals surface area contributed by atoms with E-state index in [4.69, 9.17) is 9.47 Å². The van der Waals surface area contributed by atoms with Crippen LogP contribution >= 0.6 is 23.1 Å². The minimum absolute atomic E-state index is 0.229. The number of hydrogen-bond acceptors (Lipinski definition) is 5. The highest BCUT2D eigenvalue weighted by molar-refractivity contribution is 8.04. The van der Waals surface area contributed by atoms with Crippen molar-refractivity contribution in [2.75, 3.05) is 18.1 Å². The van der Waals surface area contributed by atoms with E-state index in [0.29, 0.717) is 13.2 Å². The lowest BCUT2D eigenvalue weighted by atomic mass is 9.95. The number of hydrogen-bond donors (Lipinski definition) is 0. The fourth-order valence-electron chi connectivity index (χ4n) is 7.49. The van der Waals surface area contributed by atoms with Crippen molar-refractivity contribution in [1.29, 1.82) is 0 Å². The maximum absolute atomic E-state index is 6.26. The molecule has 0 spiro atoms. The van der Waals surface area contributed by atoms with Gasteiger partial charge in [0.15, 0.2) is 6.04 Å². The van der Waals surface area contributed by atoms with Gasteiger partial charge in [-0.2, -0.15) is 4.57 Å². The summed E-state index contributed by atoms with van der Waals surface area (Å²) in [6.45, 7) is 1.36. The largest absolute Gasteiger partial charge is 0.494 e. The van der Waals surface area contributed by atoms with Crippen LogP contribution in [0.5, 0.6) is 11.5 Å². The molecule has 2 aliphatic rings. The van der Waals surface area contributed by atoms with Gasteiger partial charge in [0.2, 0.25) is 5.52 Å². The van der Waals surface area contributed by atoms with Gasteiger partial charge in [0.1, 0.15) is 16.2 Å². The Balaban J connectivity index is 1.14. The lowest BCUT2D eigenvalue weighted by Crippen LogP contribution is -2.51. The zero-order chi connectivity index (χ0) is 32.6. The van der Waals surface area contributed by atoms with E-state index in [1.165, 1.54) is 52.4 Å². The molecular formula is C43H37N2O2S2+. The monoisotopic (exact) mass is 677 g/mol. The Hall–Kier alpha value is -4.78. The van der Waals surface area contributed by atoms with Crippen molar-refractivity contribution < 1.29 is 14.0 Å². The third-order valence-electron chi connectivity index (χ3n) is 9.74. The first-order chi connectivity index (χ1) is 24.3. The molecule has 0 bridgehead atoms. The van der Waals surface area contributed by atoms with E-state index in [2.05, 4.69) is 88.3 Å². The molecule has 3 heterocycles. The summed E-state index contributed by atoms with van der Waals surface area (Å²) < 4.78 is 16.5. The van der Waals surface area contributed by atoms with E-state index in [-0.39, 0.29) is 12.1 Å². The zero-order valence-electron chi connectivity index (χ0n) is 27.2. The molecule has 0 saturated carbocycles. The highest BCUT2D eigenvalue weighted by atomic mass is 32.2. The fourth-order valence-corrected chi connectivity index (χ4v) is 9.92. The topological polar surface area (TPSA) is 25.6 Å². The molecule has 1 aromatic heterocycles. The van der Waals surface area contributed by atoms with Crippen LogP contribution < -0.4 is 18.9 Å². The number of benzene rings is 6. The van der Waals surface area contributed by atoms with Gasteiger partial charge in [-0.05, 0) is 83.3 Å². The molecule has 2 atom stereocenters. The van der Waals surface area contributed by atoms with Crippen molar-refractivity contribution in [3.63, 3.8) is 0 Å². The predicted molar refractivity (Wildman–Crippen MR) is 205 cm³/mol. The van der Waals surface area contributed by atoms with Gasteiger partial charge in [-0.1, -0.05) is 108 Å². The summed E-state index contributed by atoms with van der Waals surface area (Å²) in [5.41, 5.74) is 2.64. The molecule has 0 radical (unpaired) electrons. The average Bonchev–Trinajstić information content (AvgIpc) is 3.63. The number of rotatable bonds is 10. The fraction of sp³-hybridized carbons (Fsp3) is 0.186. The van der Waals surface area contributed by atoms with Crippen LogP contribution in [0.25, 0.3) is 37.8 Å². The molecule has 2 unspecified atom stereocenters. The second kappa shape index (κ2) is 13.3. The SMILES string of the molecule is C1=C2Sc3cc4ccccc4cc3N2C(CCCOc2ccccc2)C(CCCOc2ccccc2)[n+]2c1sc1cc3ccccc3cc12. The number of ether oxygens (including phenoxy) is 2. The van der Waals surface area contributed by atoms with Crippen molar-refractivity contribution in [1.82, 2.24) is 0 Å². The summed E-state index contributed by atoms with van der Waals surface area (Å²) in [6.07, 6.45) is 6.36.